The minimum atomic E-state index is -3.77. The maximum atomic E-state index is 15.5. The first-order chi connectivity index (χ1) is 21.0. The van der Waals surface area contributed by atoms with Gasteiger partial charge in [-0.05, 0) is 68.4 Å². The summed E-state index contributed by atoms with van der Waals surface area (Å²) >= 11 is 12.2. The largest absolute Gasteiger partial charge is 0.495 e. The van der Waals surface area contributed by atoms with Crippen molar-refractivity contribution < 1.29 is 42.5 Å². The number of Topliss-reactive ketones (excluding diaryl/α,β-unsaturated/α-hetero) is 1. The number of rotatable bonds is 9. The lowest BCUT2D eigenvalue weighted by Gasteiger charge is -2.41. The summed E-state index contributed by atoms with van der Waals surface area (Å²) in [6, 6.07) is 11.7. The molecule has 0 saturated heterocycles. The fourth-order valence-corrected chi connectivity index (χ4v) is 5.70. The summed E-state index contributed by atoms with van der Waals surface area (Å²) in [6.45, 7) is 2.07. The van der Waals surface area contributed by atoms with Crippen LogP contribution in [0.25, 0.3) is 0 Å². The molecule has 0 spiro atoms. The molecule has 0 radical (unpaired) electrons. The third-order valence-corrected chi connectivity index (χ3v) is 8.28. The number of nitrogens with zero attached hydrogens (tertiary/aromatic N) is 1. The number of anilines is 2. The summed E-state index contributed by atoms with van der Waals surface area (Å²) in [5.41, 5.74) is -3.87. The highest BCUT2D eigenvalue weighted by molar-refractivity contribution is 6.34. The first kappa shape index (κ1) is 33.9. The number of carbonyl (C=O) groups is 3. The first-order valence-corrected chi connectivity index (χ1v) is 14.4. The quantitative estimate of drug-likeness (QED) is 0.186. The van der Waals surface area contributed by atoms with Gasteiger partial charge in [-0.25, -0.2) is 18.0 Å². The number of hydrogen-bond acceptors (Lipinski definition) is 6. The molecule has 0 aromatic heterocycles. The highest BCUT2D eigenvalue weighted by Gasteiger charge is 2.57. The van der Waals surface area contributed by atoms with Crippen molar-refractivity contribution in [3.63, 3.8) is 0 Å². The van der Waals surface area contributed by atoms with E-state index >= 15 is 8.78 Å². The van der Waals surface area contributed by atoms with Gasteiger partial charge >= 0.3 is 6.09 Å². The van der Waals surface area contributed by atoms with Gasteiger partial charge in [-0.1, -0.05) is 23.2 Å². The summed E-state index contributed by atoms with van der Waals surface area (Å²) < 4.78 is 50.1. The predicted molar refractivity (Wildman–Crippen MR) is 164 cm³/mol. The molecule has 3 aromatic carbocycles. The van der Waals surface area contributed by atoms with E-state index in [9.17, 15) is 23.9 Å². The lowest BCUT2D eigenvalue weighted by molar-refractivity contribution is -0.185. The molecule has 2 amide bonds. The van der Waals surface area contributed by atoms with E-state index in [4.69, 9.17) is 33.0 Å². The van der Waals surface area contributed by atoms with Crippen LogP contribution in [0.2, 0.25) is 10.0 Å². The van der Waals surface area contributed by atoms with Gasteiger partial charge in [0, 0.05) is 46.8 Å². The molecule has 4 N–H and O–H groups in total. The smallest absolute Gasteiger partial charge is 0.404 e. The SMILES string of the molecule is COc1cc(C(=O)CC(C)(C)N2CCC(F)(F)C(O)(CNC(=O)O)c3cc(Cl)ccc32)ccc1NC(=O)c1cc(F)ccc1Cl. The average Bonchev–Trinajstić information content (AvgIpc) is 3.05. The molecule has 0 aliphatic carbocycles. The Hall–Kier alpha value is -4.00. The van der Waals surface area contributed by atoms with Crippen LogP contribution in [0.1, 0.15) is 53.0 Å². The number of carbonyl (C=O) groups excluding carboxylic acids is 2. The molecule has 1 aliphatic heterocycles. The van der Waals surface area contributed by atoms with Gasteiger partial charge in [-0.3, -0.25) is 9.59 Å². The van der Waals surface area contributed by atoms with Gasteiger partial charge in [-0.2, -0.15) is 0 Å². The number of alkyl halides is 2. The van der Waals surface area contributed by atoms with Crippen molar-refractivity contribution in [1.29, 1.82) is 0 Å². The van der Waals surface area contributed by atoms with Crippen molar-refractivity contribution >= 4 is 52.4 Å². The second kappa shape index (κ2) is 12.8. The highest BCUT2D eigenvalue weighted by Crippen LogP contribution is 2.49. The van der Waals surface area contributed by atoms with Crippen molar-refractivity contribution in [1.82, 2.24) is 5.32 Å². The zero-order valence-corrected chi connectivity index (χ0v) is 25.9. The monoisotopic (exact) mass is 667 g/mol. The van der Waals surface area contributed by atoms with Crippen LogP contribution in [0.15, 0.2) is 54.6 Å². The number of halogens is 5. The molecule has 9 nitrogen and oxygen atoms in total. The Balaban J connectivity index is 1.62. The molecule has 0 fully saturated rings. The normalized spacial score (nSPS) is 17.6. The van der Waals surface area contributed by atoms with Gasteiger partial charge in [0.15, 0.2) is 11.4 Å². The third kappa shape index (κ3) is 6.98. The summed E-state index contributed by atoms with van der Waals surface area (Å²) in [5, 5.41) is 24.9. The van der Waals surface area contributed by atoms with Crippen LogP contribution in [0.5, 0.6) is 5.75 Å². The van der Waals surface area contributed by atoms with Gasteiger partial charge in [0.2, 0.25) is 0 Å². The maximum absolute atomic E-state index is 15.5. The van der Waals surface area contributed by atoms with Gasteiger partial charge in [0.05, 0.1) is 29.9 Å². The van der Waals surface area contributed by atoms with Crippen LogP contribution in [-0.2, 0) is 5.60 Å². The van der Waals surface area contributed by atoms with Gasteiger partial charge in [0.25, 0.3) is 11.8 Å². The summed E-state index contributed by atoms with van der Waals surface area (Å²) in [7, 11) is 1.33. The van der Waals surface area contributed by atoms with Crippen molar-refractivity contribution in [2.24, 2.45) is 0 Å². The Labute approximate surface area is 266 Å². The molecule has 240 valence electrons. The van der Waals surface area contributed by atoms with E-state index in [-0.39, 0.29) is 56.8 Å². The second-order valence-corrected chi connectivity index (χ2v) is 12.0. The van der Waals surface area contributed by atoms with Gasteiger partial charge in [0.1, 0.15) is 11.6 Å². The lowest BCUT2D eigenvalue weighted by atomic mass is 9.85. The molecule has 14 heteroatoms. The molecule has 45 heavy (non-hydrogen) atoms. The average molecular weight is 668 g/mol. The summed E-state index contributed by atoms with van der Waals surface area (Å²) in [6.07, 6.45) is -2.62. The van der Waals surface area contributed by atoms with Crippen LogP contribution < -0.4 is 20.3 Å². The van der Waals surface area contributed by atoms with E-state index in [1.165, 1.54) is 49.6 Å². The minimum Gasteiger partial charge on any atom is -0.495 e. The maximum Gasteiger partial charge on any atom is 0.404 e. The number of methoxy groups -OCH3 is 1. The number of hydrogen-bond donors (Lipinski definition) is 4. The molecular formula is C31H30Cl2F3N3O6. The summed E-state index contributed by atoms with van der Waals surface area (Å²) in [5.74, 6) is -5.38. The molecule has 4 rings (SSSR count). The van der Waals surface area contributed by atoms with Crippen molar-refractivity contribution in [2.75, 3.05) is 30.4 Å². The number of benzene rings is 3. The van der Waals surface area contributed by atoms with Crippen molar-refractivity contribution in [2.45, 2.75) is 43.8 Å². The number of nitrogens with one attached hydrogen (secondary N) is 2. The number of fused-ring (bicyclic) bond motifs is 1. The van der Waals surface area contributed by atoms with E-state index in [1.807, 2.05) is 5.32 Å². The van der Waals surface area contributed by atoms with E-state index in [0.29, 0.717) is 0 Å². The number of carboxylic acid groups (broad SMARTS) is 1. The Morgan fingerprint density at radius 3 is 2.44 bits per heavy atom. The molecule has 0 bridgehead atoms. The minimum absolute atomic E-state index is 0.0357. The van der Waals surface area contributed by atoms with Crippen LogP contribution in [0, 0.1) is 5.82 Å². The molecule has 1 aliphatic rings. The predicted octanol–water partition coefficient (Wildman–Crippen LogP) is 6.75. The van der Waals surface area contributed by atoms with Gasteiger partial charge < -0.3 is 30.5 Å². The third-order valence-electron chi connectivity index (χ3n) is 7.71. The zero-order valence-electron chi connectivity index (χ0n) is 24.4. The van der Waals surface area contributed by atoms with E-state index in [1.54, 1.807) is 18.7 Å². The molecule has 1 heterocycles. The molecule has 1 atom stereocenters. The number of amides is 2. The van der Waals surface area contributed by atoms with Crippen molar-refractivity contribution in [3.05, 3.63) is 87.2 Å². The molecular weight excluding hydrogens is 638 g/mol. The molecule has 0 saturated carbocycles. The fourth-order valence-electron chi connectivity index (χ4n) is 5.33. The van der Waals surface area contributed by atoms with Crippen LogP contribution in [-0.4, -0.2) is 59.7 Å². The van der Waals surface area contributed by atoms with E-state index in [2.05, 4.69) is 5.32 Å². The molecule has 1 unspecified atom stereocenters. The second-order valence-electron chi connectivity index (χ2n) is 11.2. The Bertz CT molecular complexity index is 1650. The van der Waals surface area contributed by atoms with Crippen LogP contribution in [0.3, 0.4) is 0 Å². The van der Waals surface area contributed by atoms with Gasteiger partial charge in [-0.15, -0.1) is 0 Å². The Kier molecular flexibility index (Phi) is 9.62. The van der Waals surface area contributed by atoms with Crippen molar-refractivity contribution in [3.8, 4) is 5.75 Å². The standard InChI is InChI=1S/C31H30Cl2F3N3O6/c1-29(2,39-11-10-31(35,36)30(44,16-37-28(42)43)21-13-18(32)5-9-24(21)39)15-25(40)17-4-8-23(26(12-17)45-3)38-27(41)20-14-19(34)6-7-22(20)33/h4-9,12-14,37,44H,10-11,15-16H2,1-3H3,(H,38,41)(H,42,43). The Morgan fingerprint density at radius 2 is 1.78 bits per heavy atom. The number of aliphatic hydroxyl groups is 1. The van der Waals surface area contributed by atoms with E-state index in [0.717, 1.165) is 12.1 Å². The van der Waals surface area contributed by atoms with Crippen LogP contribution >= 0.6 is 23.2 Å². The highest BCUT2D eigenvalue weighted by atomic mass is 35.5. The summed E-state index contributed by atoms with van der Waals surface area (Å²) in [4.78, 5) is 39.0. The zero-order chi connectivity index (χ0) is 33.3. The molecule has 3 aromatic rings. The lowest BCUT2D eigenvalue weighted by Crippen LogP contribution is -2.52. The topological polar surface area (TPSA) is 128 Å². The van der Waals surface area contributed by atoms with Crippen LogP contribution in [0.4, 0.5) is 29.3 Å². The fraction of sp³-hybridized carbons (Fsp3) is 0.323. The first-order valence-electron chi connectivity index (χ1n) is 13.6. The number of ketones is 1. The Morgan fingerprint density at radius 1 is 1.07 bits per heavy atom. The van der Waals surface area contributed by atoms with E-state index < -0.39 is 53.6 Å². The number of ether oxygens (including phenoxy) is 1.